The number of unbranched alkanes of at least 4 members (excludes halogenated alkanes) is 2. The maximum atomic E-state index is 12.9. The molecule has 0 aliphatic heterocycles. The number of rotatable bonds is 10. The van der Waals surface area contributed by atoms with E-state index in [1.54, 1.807) is 0 Å². The van der Waals surface area contributed by atoms with Crippen LogP contribution in [0, 0.1) is 20.8 Å². The Morgan fingerprint density at radius 3 is 2.33 bits per heavy atom. The SMILES string of the molecule is Cc1oc2c(C)c3oc(=O)c(CCC(=O)NCCCCCC(=O)[O-])c(C)c3cc2c1-c1ccccc1. The molecule has 2 heterocycles. The lowest BCUT2D eigenvalue weighted by Crippen LogP contribution is -2.26. The van der Waals surface area contributed by atoms with Crippen molar-refractivity contribution in [3.8, 4) is 11.1 Å². The lowest BCUT2D eigenvalue weighted by molar-refractivity contribution is -0.305. The summed E-state index contributed by atoms with van der Waals surface area (Å²) >= 11 is 0. The second-order valence-corrected chi connectivity index (χ2v) is 9.18. The van der Waals surface area contributed by atoms with Crippen LogP contribution in [-0.4, -0.2) is 18.4 Å². The van der Waals surface area contributed by atoms with E-state index in [0.717, 1.165) is 38.8 Å². The number of furan rings is 1. The molecule has 2 aromatic carbocycles. The van der Waals surface area contributed by atoms with E-state index in [-0.39, 0.29) is 25.2 Å². The van der Waals surface area contributed by atoms with Crippen molar-refractivity contribution in [1.29, 1.82) is 0 Å². The number of benzene rings is 2. The van der Waals surface area contributed by atoms with Crippen LogP contribution < -0.4 is 16.0 Å². The Morgan fingerprint density at radius 2 is 1.61 bits per heavy atom. The number of carbonyl (C=O) groups is 2. The molecule has 7 heteroatoms. The van der Waals surface area contributed by atoms with Crippen LogP contribution in [0.1, 0.15) is 54.6 Å². The van der Waals surface area contributed by atoms with Gasteiger partial charge in [0.05, 0.1) is 0 Å². The Bertz CT molecular complexity index is 1480. The highest BCUT2D eigenvalue weighted by Gasteiger charge is 2.21. The molecular formula is C29H30NO6-. The molecular weight excluding hydrogens is 458 g/mol. The molecule has 0 saturated carbocycles. The monoisotopic (exact) mass is 488 g/mol. The second kappa shape index (κ2) is 10.8. The Hall–Kier alpha value is -3.87. The molecule has 1 N–H and O–H groups in total. The first-order valence-corrected chi connectivity index (χ1v) is 12.3. The van der Waals surface area contributed by atoms with Gasteiger partial charge in [-0.25, -0.2) is 4.79 Å². The van der Waals surface area contributed by atoms with Crippen LogP contribution >= 0.6 is 0 Å². The molecule has 4 aromatic rings. The zero-order valence-corrected chi connectivity index (χ0v) is 20.9. The predicted molar refractivity (Wildman–Crippen MR) is 137 cm³/mol. The van der Waals surface area contributed by atoms with Crippen molar-refractivity contribution in [2.24, 2.45) is 0 Å². The van der Waals surface area contributed by atoms with Gasteiger partial charge in [0.15, 0.2) is 0 Å². The summed E-state index contributed by atoms with van der Waals surface area (Å²) in [6, 6.07) is 12.1. The van der Waals surface area contributed by atoms with Crippen molar-refractivity contribution in [2.75, 3.05) is 6.54 Å². The van der Waals surface area contributed by atoms with Gasteiger partial charge >= 0.3 is 5.63 Å². The summed E-state index contributed by atoms with van der Waals surface area (Å²) in [4.78, 5) is 35.6. The number of aliphatic carboxylic acids is 1. The van der Waals surface area contributed by atoms with Crippen LogP contribution in [-0.2, 0) is 16.0 Å². The van der Waals surface area contributed by atoms with Gasteiger partial charge in [0.25, 0.3) is 0 Å². The van der Waals surface area contributed by atoms with E-state index in [0.29, 0.717) is 42.5 Å². The van der Waals surface area contributed by atoms with Gasteiger partial charge in [-0.2, -0.15) is 0 Å². The van der Waals surface area contributed by atoms with E-state index < -0.39 is 11.6 Å². The first-order valence-electron chi connectivity index (χ1n) is 12.3. The van der Waals surface area contributed by atoms with Crippen LogP contribution in [0.25, 0.3) is 33.1 Å². The molecule has 0 aliphatic carbocycles. The Morgan fingerprint density at radius 1 is 0.889 bits per heavy atom. The summed E-state index contributed by atoms with van der Waals surface area (Å²) in [7, 11) is 0. The largest absolute Gasteiger partial charge is 0.550 e. The third kappa shape index (κ3) is 5.20. The molecule has 0 spiro atoms. The Labute approximate surface area is 209 Å². The molecule has 0 unspecified atom stereocenters. The number of nitrogens with one attached hydrogen (secondary N) is 1. The van der Waals surface area contributed by atoms with E-state index in [4.69, 9.17) is 8.83 Å². The minimum absolute atomic E-state index is 0.0297. The van der Waals surface area contributed by atoms with E-state index in [2.05, 4.69) is 5.32 Å². The van der Waals surface area contributed by atoms with Crippen molar-refractivity contribution < 1.29 is 23.5 Å². The fraction of sp³-hybridized carbons (Fsp3) is 0.345. The average molecular weight is 489 g/mol. The fourth-order valence-corrected chi connectivity index (χ4v) is 4.75. The van der Waals surface area contributed by atoms with Gasteiger partial charge in [-0.3, -0.25) is 4.79 Å². The Kier molecular flexibility index (Phi) is 7.58. The van der Waals surface area contributed by atoms with Crippen molar-refractivity contribution in [3.63, 3.8) is 0 Å². The minimum Gasteiger partial charge on any atom is -0.550 e. The normalized spacial score (nSPS) is 11.3. The smallest absolute Gasteiger partial charge is 0.339 e. The number of carboxylic acids is 1. The standard InChI is InChI=1S/C29H31NO6/c1-17-21(13-14-24(31)30-15-9-5-8-12-25(32)33)29(34)36-27-18(2)28-23(16-22(17)27)26(19(3)35-28)20-10-6-4-7-11-20/h4,6-7,10-11,16H,5,8-9,12-15H2,1-3H3,(H,30,31)(H,32,33)/p-1. The lowest BCUT2D eigenvalue weighted by Gasteiger charge is -2.11. The molecule has 0 saturated heterocycles. The van der Waals surface area contributed by atoms with Crippen LogP contribution in [0.15, 0.2) is 50.0 Å². The Balaban J connectivity index is 1.57. The van der Waals surface area contributed by atoms with E-state index in [1.165, 1.54) is 0 Å². The zero-order valence-electron chi connectivity index (χ0n) is 20.9. The van der Waals surface area contributed by atoms with Crippen LogP contribution in [0.4, 0.5) is 0 Å². The quantitative estimate of drug-likeness (QED) is 0.260. The lowest BCUT2D eigenvalue weighted by atomic mass is 9.96. The number of amides is 1. The number of carboxylic acid groups (broad SMARTS) is 1. The summed E-state index contributed by atoms with van der Waals surface area (Å²) in [6.07, 6.45) is 2.39. The van der Waals surface area contributed by atoms with E-state index in [1.807, 2.05) is 57.2 Å². The van der Waals surface area contributed by atoms with Gasteiger partial charge in [0.1, 0.15) is 16.9 Å². The summed E-state index contributed by atoms with van der Waals surface area (Å²) in [5.74, 6) is -0.415. The van der Waals surface area contributed by atoms with Gasteiger partial charge in [0, 0.05) is 46.4 Å². The number of hydrogen-bond acceptors (Lipinski definition) is 6. The van der Waals surface area contributed by atoms with Crippen molar-refractivity contribution in [1.82, 2.24) is 5.32 Å². The fourth-order valence-electron chi connectivity index (χ4n) is 4.75. The highest BCUT2D eigenvalue weighted by Crippen LogP contribution is 2.39. The van der Waals surface area contributed by atoms with Crippen molar-refractivity contribution in [3.05, 3.63) is 69.3 Å². The molecule has 2 aromatic heterocycles. The molecule has 0 atom stereocenters. The third-order valence-electron chi connectivity index (χ3n) is 6.68. The summed E-state index contributed by atoms with van der Waals surface area (Å²) in [6.45, 7) is 6.19. The van der Waals surface area contributed by atoms with Crippen molar-refractivity contribution >= 4 is 33.8 Å². The molecule has 36 heavy (non-hydrogen) atoms. The van der Waals surface area contributed by atoms with Gasteiger partial charge in [-0.15, -0.1) is 0 Å². The molecule has 0 bridgehead atoms. The van der Waals surface area contributed by atoms with Gasteiger partial charge < -0.3 is 24.1 Å². The molecule has 0 radical (unpaired) electrons. The van der Waals surface area contributed by atoms with Gasteiger partial charge in [0.2, 0.25) is 5.91 Å². The van der Waals surface area contributed by atoms with E-state index in [9.17, 15) is 19.5 Å². The van der Waals surface area contributed by atoms with Gasteiger partial charge in [-0.05, 0) is 63.6 Å². The summed E-state index contributed by atoms with van der Waals surface area (Å²) < 4.78 is 11.9. The highest BCUT2D eigenvalue weighted by molar-refractivity contribution is 6.05. The zero-order chi connectivity index (χ0) is 25.8. The first-order chi connectivity index (χ1) is 17.3. The minimum atomic E-state index is -1.06. The molecule has 0 aliphatic rings. The summed E-state index contributed by atoms with van der Waals surface area (Å²) in [5.41, 5.74) is 4.91. The number of carbonyl (C=O) groups excluding carboxylic acids is 2. The number of fused-ring (bicyclic) bond motifs is 2. The van der Waals surface area contributed by atoms with Crippen LogP contribution in [0.2, 0.25) is 0 Å². The maximum Gasteiger partial charge on any atom is 0.339 e. The molecule has 0 fully saturated rings. The second-order valence-electron chi connectivity index (χ2n) is 9.18. The molecule has 188 valence electrons. The van der Waals surface area contributed by atoms with Gasteiger partial charge in [-0.1, -0.05) is 36.8 Å². The van der Waals surface area contributed by atoms with Crippen LogP contribution in [0.3, 0.4) is 0 Å². The third-order valence-corrected chi connectivity index (χ3v) is 6.68. The topological polar surface area (TPSA) is 113 Å². The van der Waals surface area contributed by atoms with E-state index >= 15 is 0 Å². The summed E-state index contributed by atoms with van der Waals surface area (Å²) in [5, 5.41) is 15.1. The number of hydrogen-bond donors (Lipinski definition) is 1. The molecule has 4 rings (SSSR count). The average Bonchev–Trinajstić information content (AvgIpc) is 3.18. The van der Waals surface area contributed by atoms with Crippen LogP contribution in [0.5, 0.6) is 0 Å². The molecule has 1 amide bonds. The highest BCUT2D eigenvalue weighted by atomic mass is 16.4. The predicted octanol–water partition coefficient (Wildman–Crippen LogP) is 4.49. The van der Waals surface area contributed by atoms with Crippen molar-refractivity contribution in [2.45, 2.75) is 59.3 Å². The number of aryl methyl sites for hydroxylation is 3. The molecule has 7 nitrogen and oxygen atoms in total. The first kappa shape index (κ1) is 25.2. The maximum absolute atomic E-state index is 12.9.